The fourth-order valence-electron chi connectivity index (χ4n) is 1.74. The molecular weight excluding hydrogens is 275 g/mol. The third kappa shape index (κ3) is 3.59. The van der Waals surface area contributed by atoms with Crippen molar-refractivity contribution in [1.82, 2.24) is 4.98 Å². The van der Waals surface area contributed by atoms with Gasteiger partial charge in [0.2, 0.25) is 0 Å². The first kappa shape index (κ1) is 14.6. The molecule has 2 rings (SSSR count). The number of nitrogens with two attached hydrogens (primary N) is 1. The summed E-state index contributed by atoms with van der Waals surface area (Å²) >= 11 is 0. The average Bonchev–Trinajstić information content (AvgIpc) is 2.53. The number of halogens is 1. The lowest BCUT2D eigenvalue weighted by Gasteiger charge is -2.10. The van der Waals surface area contributed by atoms with E-state index in [2.05, 4.69) is 15.5 Å². The number of hydrogen-bond donors (Lipinski definition) is 3. The summed E-state index contributed by atoms with van der Waals surface area (Å²) in [5.41, 5.74) is 6.97. The topological polar surface area (TPSA) is 92.8 Å². The van der Waals surface area contributed by atoms with Crippen LogP contribution >= 0.6 is 0 Å². The number of rotatable bonds is 5. The van der Waals surface area contributed by atoms with Gasteiger partial charge in [0.1, 0.15) is 17.3 Å². The maximum Gasteiger partial charge on any atom is 0.188 e. The molecule has 2 aromatic rings. The van der Waals surface area contributed by atoms with Crippen LogP contribution in [0.1, 0.15) is 11.3 Å². The van der Waals surface area contributed by atoms with Crippen LogP contribution < -0.4 is 15.8 Å². The van der Waals surface area contributed by atoms with E-state index >= 15 is 0 Å². The quantitative estimate of drug-likeness (QED) is 0.339. The number of benzene rings is 1. The number of nitrogens with zero attached hydrogens (tertiary/aromatic N) is 2. The fourth-order valence-corrected chi connectivity index (χ4v) is 1.74. The summed E-state index contributed by atoms with van der Waals surface area (Å²) in [7, 11) is 1.52. The van der Waals surface area contributed by atoms with Crippen LogP contribution in [0.3, 0.4) is 0 Å². The molecule has 0 spiro atoms. The Kier molecular flexibility index (Phi) is 4.55. The normalized spacial score (nSPS) is 11.2. The van der Waals surface area contributed by atoms with Crippen LogP contribution in [-0.2, 0) is 6.54 Å². The molecule has 1 heterocycles. The van der Waals surface area contributed by atoms with Crippen molar-refractivity contribution in [3.63, 3.8) is 0 Å². The number of nitrogens with one attached hydrogen (secondary N) is 1. The highest BCUT2D eigenvalue weighted by atomic mass is 19.1. The van der Waals surface area contributed by atoms with Crippen LogP contribution in [0.25, 0.3) is 0 Å². The number of anilines is 1. The highest BCUT2D eigenvalue weighted by Crippen LogP contribution is 2.21. The van der Waals surface area contributed by atoms with E-state index in [0.29, 0.717) is 23.7 Å². The summed E-state index contributed by atoms with van der Waals surface area (Å²) in [6.07, 6.45) is 1.53. The highest BCUT2D eigenvalue weighted by Gasteiger charge is 2.06. The third-order valence-corrected chi connectivity index (χ3v) is 2.85. The van der Waals surface area contributed by atoms with Crippen molar-refractivity contribution < 1.29 is 14.3 Å². The van der Waals surface area contributed by atoms with Gasteiger partial charge in [-0.3, -0.25) is 4.98 Å². The Bertz CT molecular complexity index is 661. The zero-order valence-corrected chi connectivity index (χ0v) is 11.4. The largest absolute Gasteiger partial charge is 0.497 e. The Morgan fingerprint density at radius 2 is 2.24 bits per heavy atom. The fraction of sp³-hybridized carbons (Fsp3) is 0.143. The summed E-state index contributed by atoms with van der Waals surface area (Å²) in [5, 5.41) is 14.5. The van der Waals surface area contributed by atoms with Gasteiger partial charge in [0.05, 0.1) is 12.8 Å². The average molecular weight is 290 g/mol. The summed E-state index contributed by atoms with van der Waals surface area (Å²) in [4.78, 5) is 3.97. The van der Waals surface area contributed by atoms with Gasteiger partial charge < -0.3 is 21.0 Å². The van der Waals surface area contributed by atoms with Crippen LogP contribution in [-0.4, -0.2) is 23.1 Å². The second kappa shape index (κ2) is 6.56. The Morgan fingerprint density at radius 1 is 1.43 bits per heavy atom. The predicted octanol–water partition coefficient (Wildman–Crippen LogP) is 1.94. The first-order valence-electron chi connectivity index (χ1n) is 6.14. The van der Waals surface area contributed by atoms with E-state index in [0.717, 1.165) is 5.56 Å². The molecule has 0 radical (unpaired) electrons. The Labute approximate surface area is 121 Å². The molecule has 110 valence electrons. The molecule has 21 heavy (non-hydrogen) atoms. The van der Waals surface area contributed by atoms with Crippen molar-refractivity contribution in [2.45, 2.75) is 6.54 Å². The van der Waals surface area contributed by atoms with Gasteiger partial charge in [-0.25, -0.2) is 4.39 Å². The van der Waals surface area contributed by atoms with Crippen molar-refractivity contribution in [2.75, 3.05) is 12.4 Å². The van der Waals surface area contributed by atoms with E-state index in [4.69, 9.17) is 15.7 Å². The van der Waals surface area contributed by atoms with Gasteiger partial charge in [-0.15, -0.1) is 0 Å². The highest BCUT2D eigenvalue weighted by molar-refractivity contribution is 5.95. The van der Waals surface area contributed by atoms with Crippen LogP contribution in [0.5, 0.6) is 5.75 Å². The second-order valence-electron chi connectivity index (χ2n) is 4.23. The Hall–Kier alpha value is -2.83. The molecule has 1 aromatic carbocycles. The molecule has 0 aliphatic carbocycles. The molecule has 0 amide bonds. The third-order valence-electron chi connectivity index (χ3n) is 2.85. The van der Waals surface area contributed by atoms with Crippen molar-refractivity contribution in [1.29, 1.82) is 0 Å². The monoisotopic (exact) mass is 290 g/mol. The van der Waals surface area contributed by atoms with Gasteiger partial charge in [-0.05, 0) is 29.8 Å². The first-order chi connectivity index (χ1) is 10.1. The minimum absolute atomic E-state index is 0.0792. The van der Waals surface area contributed by atoms with E-state index in [1.54, 1.807) is 24.3 Å². The number of ether oxygens (including phenoxy) is 1. The molecule has 0 saturated carbocycles. The van der Waals surface area contributed by atoms with E-state index < -0.39 is 0 Å². The lowest BCUT2D eigenvalue weighted by molar-refractivity contribution is 0.318. The second-order valence-corrected chi connectivity index (χ2v) is 4.23. The number of pyridine rings is 1. The van der Waals surface area contributed by atoms with Gasteiger partial charge >= 0.3 is 0 Å². The van der Waals surface area contributed by atoms with Crippen LogP contribution in [0, 0.1) is 5.82 Å². The van der Waals surface area contributed by atoms with Crippen LogP contribution in [0.2, 0.25) is 0 Å². The molecule has 7 heteroatoms. The molecule has 0 aliphatic rings. The SMILES string of the molecule is COc1ccc(F)c(NCc2ccnc(/C(N)=N/O)c2)c1. The standard InChI is InChI=1S/C14H15FN4O2/c1-21-10-2-3-11(15)12(7-10)18-8-9-4-5-17-13(6-9)14(16)19-20/h2-7,18,20H,8H2,1H3,(H2,16,19). The number of amidine groups is 1. The van der Waals surface area contributed by atoms with Crippen molar-refractivity contribution in [3.05, 3.63) is 53.6 Å². The van der Waals surface area contributed by atoms with Gasteiger partial charge in [0.25, 0.3) is 0 Å². The maximum absolute atomic E-state index is 13.7. The van der Waals surface area contributed by atoms with E-state index in [-0.39, 0.29) is 11.7 Å². The van der Waals surface area contributed by atoms with Gasteiger partial charge in [-0.1, -0.05) is 5.16 Å². The molecule has 0 atom stereocenters. The van der Waals surface area contributed by atoms with Crippen LogP contribution in [0.15, 0.2) is 41.7 Å². The lowest BCUT2D eigenvalue weighted by Crippen LogP contribution is -2.15. The van der Waals surface area contributed by atoms with E-state index in [9.17, 15) is 4.39 Å². The zero-order valence-electron chi connectivity index (χ0n) is 11.4. The Balaban J connectivity index is 2.13. The maximum atomic E-state index is 13.7. The molecule has 0 bridgehead atoms. The molecule has 0 unspecified atom stereocenters. The lowest BCUT2D eigenvalue weighted by atomic mass is 10.2. The minimum Gasteiger partial charge on any atom is -0.497 e. The predicted molar refractivity (Wildman–Crippen MR) is 77.0 cm³/mol. The van der Waals surface area contributed by atoms with E-state index in [1.165, 1.54) is 19.4 Å². The van der Waals surface area contributed by atoms with Gasteiger partial charge in [0.15, 0.2) is 5.84 Å². The Morgan fingerprint density at radius 3 is 2.95 bits per heavy atom. The number of hydrogen-bond acceptors (Lipinski definition) is 5. The van der Waals surface area contributed by atoms with Gasteiger partial charge in [-0.2, -0.15) is 0 Å². The zero-order chi connectivity index (χ0) is 15.2. The van der Waals surface area contributed by atoms with Crippen molar-refractivity contribution >= 4 is 11.5 Å². The van der Waals surface area contributed by atoms with Crippen molar-refractivity contribution in [2.24, 2.45) is 10.9 Å². The molecule has 0 fully saturated rings. The van der Waals surface area contributed by atoms with Crippen molar-refractivity contribution in [3.8, 4) is 5.75 Å². The summed E-state index contributed by atoms with van der Waals surface area (Å²) < 4.78 is 18.7. The van der Waals surface area contributed by atoms with Crippen LogP contribution in [0.4, 0.5) is 10.1 Å². The summed E-state index contributed by atoms with van der Waals surface area (Å²) in [5.74, 6) is 0.108. The number of oxime groups is 1. The van der Waals surface area contributed by atoms with E-state index in [1.807, 2.05) is 0 Å². The smallest absolute Gasteiger partial charge is 0.188 e. The molecule has 0 saturated heterocycles. The molecular formula is C14H15FN4O2. The molecule has 0 aliphatic heterocycles. The van der Waals surface area contributed by atoms with Gasteiger partial charge in [0, 0.05) is 18.8 Å². The first-order valence-corrected chi connectivity index (χ1v) is 6.14. The molecule has 4 N–H and O–H groups in total. The number of aromatic nitrogens is 1. The molecule has 6 nitrogen and oxygen atoms in total. The minimum atomic E-state index is -0.374. The summed E-state index contributed by atoms with van der Waals surface area (Å²) in [6, 6.07) is 7.85. The summed E-state index contributed by atoms with van der Waals surface area (Å²) in [6.45, 7) is 0.359. The molecule has 1 aromatic heterocycles. The number of methoxy groups -OCH3 is 1.